The number of hydrogen-bond donors (Lipinski definition) is 1. The van der Waals surface area contributed by atoms with Crippen LogP contribution in [0.3, 0.4) is 0 Å². The fraction of sp³-hybridized carbons (Fsp3) is 0.500. The zero-order valence-corrected chi connectivity index (χ0v) is 11.1. The van der Waals surface area contributed by atoms with Crippen LogP contribution >= 0.6 is 0 Å². The molecule has 0 spiro atoms. The third kappa shape index (κ3) is 3.76. The number of nitrogens with zero attached hydrogens (tertiary/aromatic N) is 1. The molecule has 104 valence electrons. The number of carbonyl (C=O) groups is 1. The van der Waals surface area contributed by atoms with Crippen LogP contribution in [0.1, 0.15) is 21.5 Å². The second-order valence-electron chi connectivity index (χ2n) is 4.60. The Hall–Kier alpha value is -1.43. The Morgan fingerprint density at radius 2 is 2.05 bits per heavy atom. The van der Waals surface area contributed by atoms with Crippen molar-refractivity contribution in [3.8, 4) is 0 Å². The van der Waals surface area contributed by atoms with E-state index in [9.17, 15) is 4.79 Å². The van der Waals surface area contributed by atoms with Crippen molar-refractivity contribution in [3.63, 3.8) is 0 Å². The number of aromatic carboxylic acids is 1. The van der Waals surface area contributed by atoms with Crippen molar-refractivity contribution >= 4 is 5.97 Å². The Labute approximate surface area is 112 Å². The lowest BCUT2D eigenvalue weighted by Crippen LogP contribution is -2.22. The second-order valence-corrected chi connectivity index (χ2v) is 4.60. The lowest BCUT2D eigenvalue weighted by atomic mass is 10.1. The first-order chi connectivity index (χ1) is 9.20. The molecule has 0 atom stereocenters. The Kier molecular flexibility index (Phi) is 4.90. The summed E-state index contributed by atoms with van der Waals surface area (Å²) in [6.45, 7) is 4.40. The Bertz CT molecular complexity index is 447. The van der Waals surface area contributed by atoms with Crippen molar-refractivity contribution in [1.82, 2.24) is 4.90 Å². The lowest BCUT2D eigenvalue weighted by Gasteiger charge is -2.14. The number of rotatable bonds is 7. The van der Waals surface area contributed by atoms with Gasteiger partial charge in [-0.1, -0.05) is 6.07 Å². The van der Waals surface area contributed by atoms with Gasteiger partial charge in [0.05, 0.1) is 25.4 Å². The number of carboxylic acid groups (broad SMARTS) is 1. The molecule has 5 heteroatoms. The molecule has 1 heterocycles. The van der Waals surface area contributed by atoms with Crippen LogP contribution in [-0.4, -0.2) is 49.5 Å². The topological polar surface area (TPSA) is 59.0 Å². The molecule has 0 fully saturated rings. The number of carboxylic acids is 1. The maximum Gasteiger partial charge on any atom is 0.335 e. The minimum atomic E-state index is -0.871. The molecular weight excluding hydrogens is 246 g/mol. The van der Waals surface area contributed by atoms with E-state index in [2.05, 4.69) is 4.90 Å². The quantitative estimate of drug-likeness (QED) is 0.754. The molecule has 0 bridgehead atoms. The molecule has 1 aliphatic heterocycles. The summed E-state index contributed by atoms with van der Waals surface area (Å²) in [5.41, 5.74) is 2.68. The predicted molar refractivity (Wildman–Crippen MR) is 70.2 cm³/mol. The fourth-order valence-electron chi connectivity index (χ4n) is 2.19. The van der Waals surface area contributed by atoms with E-state index in [-0.39, 0.29) is 0 Å². The molecular formula is C14H19NO4. The van der Waals surface area contributed by atoms with Crippen molar-refractivity contribution in [3.05, 3.63) is 34.9 Å². The van der Waals surface area contributed by atoms with Gasteiger partial charge in [-0.25, -0.2) is 4.79 Å². The Morgan fingerprint density at radius 3 is 2.79 bits per heavy atom. The molecule has 0 saturated carbocycles. The highest BCUT2D eigenvalue weighted by atomic mass is 16.5. The Balaban J connectivity index is 1.81. The van der Waals surface area contributed by atoms with Crippen molar-refractivity contribution in [2.24, 2.45) is 0 Å². The number of benzene rings is 1. The van der Waals surface area contributed by atoms with Gasteiger partial charge >= 0.3 is 5.97 Å². The predicted octanol–water partition coefficient (Wildman–Crippen LogP) is 1.36. The van der Waals surface area contributed by atoms with Crippen LogP contribution < -0.4 is 0 Å². The van der Waals surface area contributed by atoms with E-state index in [1.54, 1.807) is 19.2 Å². The molecule has 19 heavy (non-hydrogen) atoms. The van der Waals surface area contributed by atoms with Gasteiger partial charge in [-0.05, 0) is 23.3 Å². The normalized spacial score (nSPS) is 14.6. The largest absolute Gasteiger partial charge is 0.478 e. The van der Waals surface area contributed by atoms with Crippen molar-refractivity contribution in [1.29, 1.82) is 0 Å². The summed E-state index contributed by atoms with van der Waals surface area (Å²) in [5, 5.41) is 8.96. The van der Waals surface area contributed by atoms with Crippen LogP contribution in [0, 0.1) is 0 Å². The molecule has 1 aliphatic rings. The molecule has 1 N–H and O–H groups in total. The van der Waals surface area contributed by atoms with Crippen LogP contribution in [0.2, 0.25) is 0 Å². The maximum atomic E-state index is 10.9. The van der Waals surface area contributed by atoms with Crippen molar-refractivity contribution in [2.45, 2.75) is 13.1 Å². The molecule has 0 saturated heterocycles. The van der Waals surface area contributed by atoms with Gasteiger partial charge in [0, 0.05) is 26.7 Å². The zero-order chi connectivity index (χ0) is 13.7. The molecule has 5 nitrogen and oxygen atoms in total. The first-order valence-electron chi connectivity index (χ1n) is 6.35. The third-order valence-electron chi connectivity index (χ3n) is 3.22. The summed E-state index contributed by atoms with van der Waals surface area (Å²) in [5.74, 6) is -0.871. The second kappa shape index (κ2) is 6.65. The van der Waals surface area contributed by atoms with E-state index in [1.807, 2.05) is 6.07 Å². The van der Waals surface area contributed by atoms with E-state index < -0.39 is 5.97 Å². The van der Waals surface area contributed by atoms with Crippen LogP contribution in [-0.2, 0) is 22.6 Å². The van der Waals surface area contributed by atoms with E-state index >= 15 is 0 Å². The van der Waals surface area contributed by atoms with Crippen LogP contribution in [0.25, 0.3) is 0 Å². The van der Waals surface area contributed by atoms with Gasteiger partial charge in [-0.15, -0.1) is 0 Å². The van der Waals surface area contributed by atoms with Gasteiger partial charge in [-0.3, -0.25) is 4.90 Å². The van der Waals surface area contributed by atoms with E-state index in [1.165, 1.54) is 5.56 Å². The van der Waals surface area contributed by atoms with Gasteiger partial charge in [0.25, 0.3) is 0 Å². The number of fused-ring (bicyclic) bond motifs is 1. The highest BCUT2D eigenvalue weighted by Crippen LogP contribution is 2.23. The summed E-state index contributed by atoms with van der Waals surface area (Å²) in [4.78, 5) is 13.2. The Morgan fingerprint density at radius 1 is 1.26 bits per heavy atom. The number of methoxy groups -OCH3 is 1. The van der Waals surface area contributed by atoms with Gasteiger partial charge in [0.1, 0.15) is 0 Å². The van der Waals surface area contributed by atoms with Crippen LogP contribution in [0.4, 0.5) is 0 Å². The summed E-state index contributed by atoms with van der Waals surface area (Å²) < 4.78 is 10.3. The highest BCUT2D eigenvalue weighted by Gasteiger charge is 2.19. The van der Waals surface area contributed by atoms with Gasteiger partial charge in [0.15, 0.2) is 0 Å². The molecule has 1 aromatic carbocycles. The van der Waals surface area contributed by atoms with Gasteiger partial charge < -0.3 is 14.6 Å². The minimum absolute atomic E-state index is 0.358. The van der Waals surface area contributed by atoms with Crippen LogP contribution in [0.15, 0.2) is 18.2 Å². The number of hydrogen-bond acceptors (Lipinski definition) is 4. The molecule has 1 aromatic rings. The molecule has 0 aromatic heterocycles. The van der Waals surface area contributed by atoms with Crippen molar-refractivity contribution < 1.29 is 19.4 Å². The monoisotopic (exact) mass is 265 g/mol. The van der Waals surface area contributed by atoms with E-state index in [4.69, 9.17) is 14.6 Å². The molecule has 0 radical (unpaired) electrons. The number of ether oxygens (including phenoxy) is 2. The lowest BCUT2D eigenvalue weighted by molar-refractivity contribution is 0.0567. The van der Waals surface area contributed by atoms with Crippen molar-refractivity contribution in [2.75, 3.05) is 33.5 Å². The maximum absolute atomic E-state index is 10.9. The van der Waals surface area contributed by atoms with E-state index in [0.717, 1.165) is 25.2 Å². The minimum Gasteiger partial charge on any atom is -0.478 e. The molecule has 0 unspecified atom stereocenters. The highest BCUT2D eigenvalue weighted by molar-refractivity contribution is 5.87. The average molecular weight is 265 g/mol. The zero-order valence-electron chi connectivity index (χ0n) is 11.1. The van der Waals surface area contributed by atoms with E-state index in [0.29, 0.717) is 25.4 Å². The summed E-state index contributed by atoms with van der Waals surface area (Å²) in [6.07, 6.45) is 0. The molecule has 0 amide bonds. The summed E-state index contributed by atoms with van der Waals surface area (Å²) in [6, 6.07) is 5.34. The smallest absolute Gasteiger partial charge is 0.335 e. The van der Waals surface area contributed by atoms with Gasteiger partial charge in [-0.2, -0.15) is 0 Å². The first kappa shape index (κ1) is 14.0. The summed E-state index contributed by atoms with van der Waals surface area (Å²) >= 11 is 0. The standard InChI is InChI=1S/C14H19NO4/c1-18-6-7-19-5-4-15-9-12-3-2-11(14(16)17)8-13(12)10-15/h2-3,8H,4-7,9-10H2,1H3,(H,16,17). The SMILES string of the molecule is COCCOCCN1Cc2ccc(C(=O)O)cc2C1. The third-order valence-corrected chi connectivity index (χ3v) is 3.22. The first-order valence-corrected chi connectivity index (χ1v) is 6.35. The van der Waals surface area contributed by atoms with Crippen LogP contribution in [0.5, 0.6) is 0 Å². The summed E-state index contributed by atoms with van der Waals surface area (Å²) in [7, 11) is 1.65. The average Bonchev–Trinajstić information content (AvgIpc) is 2.80. The fourth-order valence-corrected chi connectivity index (χ4v) is 2.19. The molecule has 0 aliphatic carbocycles. The van der Waals surface area contributed by atoms with Gasteiger partial charge in [0.2, 0.25) is 0 Å². The molecule has 2 rings (SSSR count).